The van der Waals surface area contributed by atoms with Crippen molar-refractivity contribution in [3.63, 3.8) is 0 Å². The van der Waals surface area contributed by atoms with Gasteiger partial charge in [-0.1, -0.05) is 12.1 Å². The van der Waals surface area contributed by atoms with E-state index in [1.807, 2.05) is 26.8 Å². The second-order valence-corrected chi connectivity index (χ2v) is 8.42. The molecule has 0 aliphatic carbocycles. The summed E-state index contributed by atoms with van der Waals surface area (Å²) in [4.78, 5) is 23.3. The summed E-state index contributed by atoms with van der Waals surface area (Å²) in [6.07, 6.45) is 3.09. The normalized spacial score (nSPS) is 11.5. The summed E-state index contributed by atoms with van der Waals surface area (Å²) in [5.74, 6) is -0.0937. The monoisotopic (exact) mass is 488 g/mol. The Morgan fingerprint density at radius 2 is 1.89 bits per heavy atom. The maximum Gasteiger partial charge on any atom is 0.269 e. The molecular weight excluding hydrogens is 463 g/mol. The Morgan fingerprint density at radius 1 is 1.17 bits per heavy atom. The minimum absolute atomic E-state index is 0.0422. The van der Waals surface area contributed by atoms with E-state index < -0.39 is 4.92 Å². The molecule has 1 heterocycles. The molecule has 184 valence electrons. The van der Waals surface area contributed by atoms with Gasteiger partial charge in [-0.3, -0.25) is 14.9 Å². The number of nitro benzene ring substituents is 1. The molecule has 1 amide bonds. The van der Waals surface area contributed by atoms with Crippen LogP contribution >= 0.6 is 0 Å². The van der Waals surface area contributed by atoms with Gasteiger partial charge in [-0.2, -0.15) is 0 Å². The number of ether oxygens (including phenoxy) is 1. The molecule has 0 fully saturated rings. The summed E-state index contributed by atoms with van der Waals surface area (Å²) in [5, 5.41) is 14.6. The first-order valence-electron chi connectivity index (χ1n) is 11.4. The quantitative estimate of drug-likeness (QED) is 0.169. The van der Waals surface area contributed by atoms with Crippen LogP contribution in [0.4, 0.5) is 15.8 Å². The van der Waals surface area contributed by atoms with Crippen LogP contribution in [-0.4, -0.2) is 17.4 Å². The van der Waals surface area contributed by atoms with Gasteiger partial charge in [0.05, 0.1) is 17.8 Å². The molecule has 1 N–H and O–H groups in total. The number of nitrogens with one attached hydrogen (secondary N) is 1. The van der Waals surface area contributed by atoms with E-state index in [0.29, 0.717) is 34.8 Å². The number of furan rings is 1. The van der Waals surface area contributed by atoms with Gasteiger partial charge in [0.15, 0.2) is 0 Å². The van der Waals surface area contributed by atoms with Crippen LogP contribution in [-0.2, 0) is 4.79 Å². The Hall–Kier alpha value is -4.46. The first-order valence-corrected chi connectivity index (χ1v) is 11.4. The van der Waals surface area contributed by atoms with Crippen LogP contribution in [0.2, 0.25) is 0 Å². The van der Waals surface area contributed by atoms with Crippen LogP contribution in [0.15, 0.2) is 65.3 Å². The molecule has 4 rings (SSSR count). The van der Waals surface area contributed by atoms with Gasteiger partial charge in [0.1, 0.15) is 17.1 Å². The fraction of sp³-hybridized carbons (Fsp3) is 0.179. The number of non-ortho nitro benzene ring substituents is 1. The Kier molecular flexibility index (Phi) is 6.87. The van der Waals surface area contributed by atoms with Crippen LogP contribution in [0.1, 0.15) is 30.5 Å². The number of amides is 1. The molecule has 1 aromatic heterocycles. The second-order valence-electron chi connectivity index (χ2n) is 8.42. The van der Waals surface area contributed by atoms with Crippen molar-refractivity contribution >= 4 is 33.8 Å². The van der Waals surface area contributed by atoms with Crippen LogP contribution in [0.5, 0.6) is 5.75 Å². The number of carbonyl (C=O) groups is 1. The van der Waals surface area contributed by atoms with Crippen LogP contribution in [0.25, 0.3) is 27.7 Å². The fourth-order valence-electron chi connectivity index (χ4n) is 4.14. The van der Waals surface area contributed by atoms with Crippen LogP contribution in [0.3, 0.4) is 0 Å². The molecule has 36 heavy (non-hydrogen) atoms. The molecule has 8 heteroatoms. The van der Waals surface area contributed by atoms with E-state index >= 15 is 0 Å². The molecule has 0 saturated carbocycles. The van der Waals surface area contributed by atoms with Gasteiger partial charge in [-0.25, -0.2) is 4.39 Å². The molecule has 3 aromatic carbocycles. The molecule has 0 radical (unpaired) electrons. The van der Waals surface area contributed by atoms with E-state index in [4.69, 9.17) is 9.15 Å². The Labute approximate surface area is 207 Å². The number of nitrogens with zero attached hydrogens (tertiary/aromatic N) is 1. The van der Waals surface area contributed by atoms with Gasteiger partial charge in [-0.05, 0) is 68.7 Å². The van der Waals surface area contributed by atoms with Gasteiger partial charge in [0.25, 0.3) is 5.69 Å². The van der Waals surface area contributed by atoms with E-state index in [1.54, 1.807) is 25.3 Å². The largest absolute Gasteiger partial charge is 0.493 e. The summed E-state index contributed by atoms with van der Waals surface area (Å²) >= 11 is 0. The van der Waals surface area contributed by atoms with Gasteiger partial charge in [0.2, 0.25) is 5.91 Å². The van der Waals surface area contributed by atoms with Crippen molar-refractivity contribution in [3.8, 4) is 16.9 Å². The molecular formula is C28H25FN2O5. The highest BCUT2D eigenvalue weighted by atomic mass is 19.1. The third-order valence-electron chi connectivity index (χ3n) is 5.94. The number of allylic oxidation sites excluding steroid dienone is 1. The summed E-state index contributed by atoms with van der Waals surface area (Å²) in [5.41, 5.74) is 5.46. The first-order chi connectivity index (χ1) is 17.2. The summed E-state index contributed by atoms with van der Waals surface area (Å²) < 4.78 is 25.3. The number of fused-ring (bicyclic) bond motifs is 1. The minimum Gasteiger partial charge on any atom is -0.493 e. The Morgan fingerprint density at radius 3 is 2.53 bits per heavy atom. The van der Waals surface area contributed by atoms with Crippen LogP contribution in [0, 0.1) is 29.8 Å². The maximum absolute atomic E-state index is 13.5. The zero-order chi connectivity index (χ0) is 26.0. The van der Waals surface area contributed by atoms with Gasteiger partial charge >= 0.3 is 0 Å². The van der Waals surface area contributed by atoms with Crippen molar-refractivity contribution in [2.45, 2.75) is 27.7 Å². The smallest absolute Gasteiger partial charge is 0.269 e. The average Bonchev–Trinajstić information content (AvgIpc) is 3.26. The molecule has 0 atom stereocenters. The van der Waals surface area contributed by atoms with E-state index in [0.717, 1.165) is 27.6 Å². The number of carbonyl (C=O) groups excluding carboxylic acids is 1. The molecule has 0 bridgehead atoms. The SMILES string of the molecule is CCOc1c(/C(C)=C/C(=O)Nc2ccc([N+](=O)[O-])cc2C)cc2c(-c3ccc(F)cc3)coc2c1C. The minimum atomic E-state index is -0.480. The number of rotatable bonds is 7. The molecule has 0 spiro atoms. The van der Waals surface area contributed by atoms with E-state index in [9.17, 15) is 19.3 Å². The van der Waals surface area contributed by atoms with E-state index in [-0.39, 0.29) is 17.4 Å². The summed E-state index contributed by atoms with van der Waals surface area (Å²) in [7, 11) is 0. The number of benzene rings is 3. The number of hydrogen-bond acceptors (Lipinski definition) is 5. The lowest BCUT2D eigenvalue weighted by Gasteiger charge is -2.15. The van der Waals surface area contributed by atoms with Crippen molar-refractivity contribution < 1.29 is 23.3 Å². The predicted octanol–water partition coefficient (Wildman–Crippen LogP) is 7.20. The molecule has 0 aliphatic rings. The standard InChI is InChI=1S/C28H25FN2O5/c1-5-35-27-18(4)28-23(24(15-36-28)19-6-8-20(29)9-7-19)14-22(27)16(2)13-26(32)30-25-11-10-21(31(33)34)12-17(25)3/h6-15H,5H2,1-4H3,(H,30,32)/b16-13+. The van der Waals surface area contributed by atoms with Crippen molar-refractivity contribution in [1.29, 1.82) is 0 Å². The lowest BCUT2D eigenvalue weighted by atomic mass is 9.96. The van der Waals surface area contributed by atoms with Gasteiger partial charge < -0.3 is 14.5 Å². The van der Waals surface area contributed by atoms with Crippen molar-refractivity contribution in [2.75, 3.05) is 11.9 Å². The lowest BCUT2D eigenvalue weighted by Crippen LogP contribution is -2.10. The van der Waals surface area contributed by atoms with Gasteiger partial charge in [0, 0.05) is 46.0 Å². The van der Waals surface area contributed by atoms with Crippen molar-refractivity contribution in [3.05, 3.63) is 93.5 Å². The van der Waals surface area contributed by atoms with Crippen molar-refractivity contribution in [2.24, 2.45) is 0 Å². The lowest BCUT2D eigenvalue weighted by molar-refractivity contribution is -0.384. The topological polar surface area (TPSA) is 94.6 Å². The molecule has 7 nitrogen and oxygen atoms in total. The van der Waals surface area contributed by atoms with Crippen LogP contribution < -0.4 is 10.1 Å². The average molecular weight is 489 g/mol. The predicted molar refractivity (Wildman–Crippen MR) is 138 cm³/mol. The van der Waals surface area contributed by atoms with E-state index in [2.05, 4.69) is 5.32 Å². The third-order valence-corrected chi connectivity index (χ3v) is 5.94. The van der Waals surface area contributed by atoms with Crippen molar-refractivity contribution in [1.82, 2.24) is 0 Å². The maximum atomic E-state index is 13.5. The number of nitro groups is 1. The molecule has 4 aromatic rings. The second kappa shape index (κ2) is 10.0. The first kappa shape index (κ1) is 24.7. The summed E-state index contributed by atoms with van der Waals surface area (Å²) in [6, 6.07) is 12.3. The number of halogens is 1. The Balaban J connectivity index is 1.74. The zero-order valence-corrected chi connectivity index (χ0v) is 20.3. The molecule has 0 aliphatic heterocycles. The highest BCUT2D eigenvalue weighted by molar-refractivity contribution is 6.06. The highest BCUT2D eigenvalue weighted by Gasteiger charge is 2.19. The fourth-order valence-corrected chi connectivity index (χ4v) is 4.14. The number of anilines is 1. The van der Waals surface area contributed by atoms with E-state index in [1.165, 1.54) is 36.4 Å². The zero-order valence-electron chi connectivity index (χ0n) is 20.3. The Bertz CT molecular complexity index is 1500. The molecule has 0 unspecified atom stereocenters. The van der Waals surface area contributed by atoms with Gasteiger partial charge in [-0.15, -0.1) is 0 Å². The summed E-state index contributed by atoms with van der Waals surface area (Å²) in [6.45, 7) is 7.69. The third kappa shape index (κ3) is 4.84. The number of aryl methyl sites for hydroxylation is 2. The molecule has 0 saturated heterocycles. The number of hydrogen-bond donors (Lipinski definition) is 1. The highest BCUT2D eigenvalue weighted by Crippen LogP contribution is 2.40.